The van der Waals surface area contributed by atoms with E-state index in [4.69, 9.17) is 14.9 Å². The molecule has 158 valence electrons. The molecule has 3 heterocycles. The number of aromatic amines is 1. The van der Waals surface area contributed by atoms with Crippen molar-refractivity contribution in [1.82, 2.24) is 20.4 Å². The fourth-order valence-corrected chi connectivity index (χ4v) is 3.79. The fourth-order valence-electron chi connectivity index (χ4n) is 3.79. The lowest BCUT2D eigenvalue weighted by atomic mass is 10.00. The number of amidine groups is 1. The van der Waals surface area contributed by atoms with Crippen molar-refractivity contribution < 1.29 is 9.47 Å². The van der Waals surface area contributed by atoms with Gasteiger partial charge in [0.1, 0.15) is 17.6 Å². The van der Waals surface area contributed by atoms with Gasteiger partial charge in [-0.05, 0) is 43.2 Å². The molecule has 0 radical (unpaired) electrons. The Morgan fingerprint density at radius 1 is 1.23 bits per heavy atom. The molecule has 8 nitrogen and oxygen atoms in total. The number of ether oxygens (including phenoxy) is 2. The molecule has 2 aliphatic heterocycles. The molecule has 1 aromatic carbocycles. The second-order valence-corrected chi connectivity index (χ2v) is 7.64. The van der Waals surface area contributed by atoms with Crippen LogP contribution in [0.3, 0.4) is 0 Å². The van der Waals surface area contributed by atoms with Crippen molar-refractivity contribution >= 4 is 17.3 Å². The van der Waals surface area contributed by atoms with Gasteiger partial charge in [0, 0.05) is 41.2 Å². The maximum absolute atomic E-state index is 8.52. The number of nitrogens with one attached hydrogen (secondary N) is 3. The maximum atomic E-state index is 8.52. The van der Waals surface area contributed by atoms with Crippen molar-refractivity contribution in [2.45, 2.75) is 19.0 Å². The normalized spacial score (nSPS) is 20.0. The van der Waals surface area contributed by atoms with Gasteiger partial charge >= 0.3 is 0 Å². The largest absolute Gasteiger partial charge is 0.497 e. The van der Waals surface area contributed by atoms with Gasteiger partial charge in [-0.2, -0.15) is 10.1 Å². The van der Waals surface area contributed by atoms with Gasteiger partial charge in [-0.3, -0.25) is 10.5 Å². The Labute approximate surface area is 180 Å². The second kappa shape index (κ2) is 7.79. The zero-order valence-electron chi connectivity index (χ0n) is 17.4. The highest BCUT2D eigenvalue weighted by Gasteiger charge is 2.32. The zero-order valence-corrected chi connectivity index (χ0v) is 17.4. The number of hydrogen-bond donors (Lipinski definition) is 3. The van der Waals surface area contributed by atoms with Crippen molar-refractivity contribution in [2.24, 2.45) is 10.9 Å². The molecule has 1 aromatic heterocycles. The number of fused-ring (bicyclic) bond motifs is 1. The number of hydrogen-bond acceptors (Lipinski definition) is 6. The van der Waals surface area contributed by atoms with Crippen molar-refractivity contribution in [1.29, 1.82) is 5.41 Å². The van der Waals surface area contributed by atoms with E-state index in [2.05, 4.69) is 32.7 Å². The van der Waals surface area contributed by atoms with Crippen LogP contribution in [-0.4, -0.2) is 47.2 Å². The van der Waals surface area contributed by atoms with E-state index in [1.807, 2.05) is 47.8 Å². The molecule has 1 saturated carbocycles. The van der Waals surface area contributed by atoms with Gasteiger partial charge in [0.2, 0.25) is 0 Å². The van der Waals surface area contributed by atoms with Crippen LogP contribution in [0.15, 0.2) is 65.7 Å². The highest BCUT2D eigenvalue weighted by molar-refractivity contribution is 6.04. The van der Waals surface area contributed by atoms with Crippen LogP contribution >= 0.6 is 0 Å². The molecule has 0 amide bonds. The first-order valence-corrected chi connectivity index (χ1v) is 10.2. The number of rotatable bonds is 5. The van der Waals surface area contributed by atoms with E-state index in [0.717, 1.165) is 41.0 Å². The van der Waals surface area contributed by atoms with Crippen LogP contribution in [0.25, 0.3) is 16.8 Å². The third-order valence-corrected chi connectivity index (χ3v) is 5.62. The van der Waals surface area contributed by atoms with Gasteiger partial charge in [0.05, 0.1) is 19.9 Å². The highest BCUT2D eigenvalue weighted by Crippen LogP contribution is 2.34. The molecule has 3 N–H and O–H groups in total. The molecule has 0 saturated heterocycles. The molecule has 0 bridgehead atoms. The molecule has 2 aromatic rings. The minimum absolute atomic E-state index is 0.0439. The summed E-state index contributed by atoms with van der Waals surface area (Å²) in [4.78, 5) is 6.46. The van der Waals surface area contributed by atoms with Gasteiger partial charge in [0.25, 0.3) is 0 Å². The lowest BCUT2D eigenvalue weighted by Gasteiger charge is -2.27. The van der Waals surface area contributed by atoms with E-state index in [1.54, 1.807) is 14.2 Å². The van der Waals surface area contributed by atoms with Crippen LogP contribution in [0.5, 0.6) is 5.75 Å². The topological polar surface area (TPSA) is 98.6 Å². The summed E-state index contributed by atoms with van der Waals surface area (Å²) >= 11 is 0. The monoisotopic (exact) mass is 416 g/mol. The molecule has 8 heteroatoms. The Balaban J connectivity index is 1.43. The number of H-pyrrole nitrogens is 1. The third-order valence-electron chi connectivity index (χ3n) is 5.62. The van der Waals surface area contributed by atoms with Gasteiger partial charge < -0.3 is 19.7 Å². The molecule has 0 spiro atoms. The van der Waals surface area contributed by atoms with Crippen LogP contribution in [0.1, 0.15) is 18.4 Å². The Morgan fingerprint density at radius 3 is 2.74 bits per heavy atom. The van der Waals surface area contributed by atoms with E-state index in [1.165, 1.54) is 0 Å². The molecule has 1 aliphatic carbocycles. The van der Waals surface area contributed by atoms with Crippen LogP contribution in [-0.2, 0) is 4.74 Å². The molecule has 1 unspecified atom stereocenters. The summed E-state index contributed by atoms with van der Waals surface area (Å²) in [6, 6.07) is 7.83. The first kappa shape index (κ1) is 19.2. The number of aromatic nitrogens is 2. The molecule has 5 rings (SSSR count). The Kier molecular flexibility index (Phi) is 4.82. The Morgan fingerprint density at radius 2 is 2.03 bits per heavy atom. The lowest BCUT2D eigenvalue weighted by Crippen LogP contribution is -2.34. The second-order valence-electron chi connectivity index (χ2n) is 7.64. The minimum atomic E-state index is -0.0439. The number of methoxy groups -OCH3 is 2. The quantitative estimate of drug-likeness (QED) is 0.512. The number of nitrogens with zero attached hydrogens (tertiary/aromatic N) is 3. The average molecular weight is 416 g/mol. The molecule has 1 fully saturated rings. The fraction of sp³-hybridized carbons (Fsp3) is 0.261. The van der Waals surface area contributed by atoms with Crippen molar-refractivity contribution in [2.75, 3.05) is 14.2 Å². The summed E-state index contributed by atoms with van der Waals surface area (Å²) < 4.78 is 10.7. The van der Waals surface area contributed by atoms with E-state index in [0.29, 0.717) is 17.5 Å². The van der Waals surface area contributed by atoms with E-state index < -0.39 is 0 Å². The predicted octanol–water partition coefficient (Wildman–Crippen LogP) is 3.50. The molecule has 3 aliphatic rings. The predicted molar refractivity (Wildman–Crippen MR) is 119 cm³/mol. The standard InChI is InChI=1S/C23H24N6O2/c1-30-17-8-5-14(6-9-17)21-18(11-26-28-21)16-7-10-20-25-12-19(29(20)13-16)22(24)27-23(31-2)15-3-4-15/h5-13,15,20,24-25H,3-4H2,1-2H3,(H,26,28)/b24-22?,27-23-. The van der Waals surface area contributed by atoms with Crippen LogP contribution in [0, 0.1) is 11.3 Å². The van der Waals surface area contributed by atoms with Crippen molar-refractivity contribution in [3.63, 3.8) is 0 Å². The summed E-state index contributed by atoms with van der Waals surface area (Å²) in [5.74, 6) is 1.98. The number of allylic oxidation sites excluding steroid dienone is 2. The molecule has 1 atom stereocenters. The average Bonchev–Trinajstić information content (AvgIpc) is 3.37. The van der Waals surface area contributed by atoms with Gasteiger partial charge in [0.15, 0.2) is 11.7 Å². The summed E-state index contributed by atoms with van der Waals surface area (Å²) in [5, 5.41) is 19.3. The number of benzene rings is 1. The van der Waals surface area contributed by atoms with Crippen LogP contribution in [0.2, 0.25) is 0 Å². The molecular formula is C23H24N6O2. The Hall–Kier alpha value is -3.81. The summed E-state index contributed by atoms with van der Waals surface area (Å²) in [5.41, 5.74) is 4.54. The first-order valence-electron chi connectivity index (χ1n) is 10.2. The lowest BCUT2D eigenvalue weighted by molar-refractivity contribution is 0.386. The third kappa shape index (κ3) is 3.61. The first-order chi connectivity index (χ1) is 15.2. The van der Waals surface area contributed by atoms with Crippen molar-refractivity contribution in [3.8, 4) is 17.0 Å². The van der Waals surface area contributed by atoms with E-state index >= 15 is 0 Å². The minimum Gasteiger partial charge on any atom is -0.497 e. The summed E-state index contributed by atoms with van der Waals surface area (Å²) in [7, 11) is 3.27. The summed E-state index contributed by atoms with van der Waals surface area (Å²) in [6.45, 7) is 0. The Bertz CT molecular complexity index is 1120. The zero-order chi connectivity index (χ0) is 21.4. The molecular weight excluding hydrogens is 392 g/mol. The SMILES string of the molecule is CO/C(=N\C(=N)C1=CNC2C=CC(c3c[nH]nc3-c3ccc(OC)cc3)=CN12)C1CC1. The number of aliphatic imine (C=N–C) groups is 1. The summed E-state index contributed by atoms with van der Waals surface area (Å²) in [6.07, 6.45) is 12.0. The highest BCUT2D eigenvalue weighted by atomic mass is 16.5. The van der Waals surface area contributed by atoms with E-state index in [-0.39, 0.29) is 12.0 Å². The maximum Gasteiger partial charge on any atom is 0.192 e. The van der Waals surface area contributed by atoms with Crippen LogP contribution in [0.4, 0.5) is 0 Å². The van der Waals surface area contributed by atoms with E-state index in [9.17, 15) is 0 Å². The van der Waals surface area contributed by atoms with Crippen LogP contribution < -0.4 is 10.1 Å². The van der Waals surface area contributed by atoms with Gasteiger partial charge in [-0.25, -0.2) is 0 Å². The smallest absolute Gasteiger partial charge is 0.192 e. The van der Waals surface area contributed by atoms with Gasteiger partial charge in [-0.1, -0.05) is 6.08 Å². The molecule has 31 heavy (non-hydrogen) atoms. The van der Waals surface area contributed by atoms with Gasteiger partial charge in [-0.15, -0.1) is 0 Å². The van der Waals surface area contributed by atoms with Crippen molar-refractivity contribution in [3.05, 3.63) is 66.3 Å².